The highest BCUT2D eigenvalue weighted by atomic mass is 16.8. The van der Waals surface area contributed by atoms with Gasteiger partial charge in [0.15, 0.2) is 49.2 Å². The van der Waals surface area contributed by atoms with Crippen molar-refractivity contribution in [1.29, 1.82) is 0 Å². The van der Waals surface area contributed by atoms with Crippen molar-refractivity contribution in [3.8, 4) is 33.4 Å². The van der Waals surface area contributed by atoms with Gasteiger partial charge in [-0.15, -0.1) is 0 Å². The first-order chi connectivity index (χ1) is 44.0. The number of esters is 6. The molecule has 0 spiro atoms. The molecule has 17 heteroatoms. The van der Waals surface area contributed by atoms with Crippen LogP contribution in [-0.4, -0.2) is 123 Å². The number of hydrogen-bond donors (Lipinski definition) is 1. The number of ether oxygens (including phenoxy) is 10. The summed E-state index contributed by atoms with van der Waals surface area (Å²) in [7, 11) is 1.26. The van der Waals surface area contributed by atoms with Gasteiger partial charge in [0, 0.05) is 7.11 Å². The number of hydrogen-bond acceptors (Lipinski definition) is 17. The van der Waals surface area contributed by atoms with Crippen molar-refractivity contribution in [2.75, 3.05) is 20.3 Å². The molecule has 0 bridgehead atoms. The van der Waals surface area contributed by atoms with E-state index in [1.165, 1.54) is 43.5 Å². The fourth-order valence-electron chi connectivity index (χ4n) is 10.5. The van der Waals surface area contributed by atoms with E-state index in [-0.39, 0.29) is 33.4 Å². The maximum Gasteiger partial charge on any atom is 0.338 e. The Bertz CT molecular complexity index is 3860. The topological polar surface area (TPSA) is 215 Å². The van der Waals surface area contributed by atoms with Gasteiger partial charge in [0.05, 0.1) is 46.6 Å². The maximum atomic E-state index is 14.8. The van der Waals surface area contributed by atoms with E-state index in [1.54, 1.807) is 127 Å². The van der Waals surface area contributed by atoms with Crippen molar-refractivity contribution in [2.24, 2.45) is 0 Å². The van der Waals surface area contributed by atoms with Crippen LogP contribution in [0.1, 0.15) is 62.1 Å². The summed E-state index contributed by atoms with van der Waals surface area (Å²) in [6.07, 6.45) is -17.0. The average molecular weight is 1210 g/mol. The lowest BCUT2D eigenvalue weighted by molar-refractivity contribution is -0.325. The van der Waals surface area contributed by atoms with E-state index in [0.29, 0.717) is 0 Å². The lowest BCUT2D eigenvalue weighted by atomic mass is 9.96. The van der Waals surface area contributed by atoms with Crippen LogP contribution in [0.5, 0.6) is 0 Å². The molecule has 0 aromatic heterocycles. The number of carbonyl (C=O) groups is 6. The summed E-state index contributed by atoms with van der Waals surface area (Å²) in [5, 5.41) is 11.1. The van der Waals surface area contributed by atoms with Gasteiger partial charge in [0.1, 0.15) is 12.2 Å². The second-order valence-corrected chi connectivity index (χ2v) is 21.0. The van der Waals surface area contributed by atoms with Gasteiger partial charge in [-0.25, -0.2) is 28.8 Å². The number of benzene rings is 9. The Kier molecular flexibility index (Phi) is 19.8. The standard InChI is InChI=1S/C73H60O17/c1-81-72-64(89-71(80)57-42-36-51(37-43-57)48-24-12-4-13-25-48)63(88-70(79)56-40-34-50(35-41-56)47-22-10-3-11-23-47)61(86-69(78)55-38-32-49(33-39-55)46-20-8-2-9-21-46)59(84-72)45-82-73-65(90-68(77)54-30-18-7-19-31-54)62(87-67(76)53-28-16-6-17-29-53)60(58(44-74)83-73)85-66(75)52-26-14-5-15-27-52/h2-43,58-65,72-74H,44-45H2,1H3/t58-,59-,60+,61+,62+,63+,64-,65-,72-,73-/m1/s1. The van der Waals surface area contributed by atoms with Gasteiger partial charge in [-0.3, -0.25) is 0 Å². The molecule has 0 amide bonds. The smallest absolute Gasteiger partial charge is 0.338 e. The van der Waals surface area contributed by atoms with Crippen LogP contribution in [0.3, 0.4) is 0 Å². The van der Waals surface area contributed by atoms with Crippen LogP contribution < -0.4 is 0 Å². The minimum Gasteiger partial charge on any atom is -0.452 e. The highest BCUT2D eigenvalue weighted by Gasteiger charge is 2.56. The van der Waals surface area contributed by atoms with Crippen LogP contribution in [0.4, 0.5) is 0 Å². The summed E-state index contributed by atoms with van der Waals surface area (Å²) in [4.78, 5) is 86.6. The van der Waals surface area contributed by atoms with E-state index >= 15 is 0 Å². The molecule has 2 heterocycles. The first-order valence-corrected chi connectivity index (χ1v) is 29.0. The van der Waals surface area contributed by atoms with Gasteiger partial charge in [0.2, 0.25) is 0 Å². The summed E-state index contributed by atoms with van der Waals surface area (Å²) in [6, 6.07) is 71.9. The van der Waals surface area contributed by atoms with E-state index in [4.69, 9.17) is 47.4 Å². The van der Waals surface area contributed by atoms with Crippen LogP contribution in [0.2, 0.25) is 0 Å². The van der Waals surface area contributed by atoms with Crippen molar-refractivity contribution < 1.29 is 81.2 Å². The van der Waals surface area contributed by atoms with Gasteiger partial charge in [-0.1, -0.05) is 182 Å². The van der Waals surface area contributed by atoms with Crippen molar-refractivity contribution in [2.45, 2.75) is 61.4 Å². The molecule has 90 heavy (non-hydrogen) atoms. The van der Waals surface area contributed by atoms with Crippen LogP contribution >= 0.6 is 0 Å². The van der Waals surface area contributed by atoms with E-state index < -0.39 is 110 Å². The van der Waals surface area contributed by atoms with E-state index in [0.717, 1.165) is 33.4 Å². The SMILES string of the molecule is CO[C@@H]1O[C@H](CO[C@@H]2O[C@H](CO)[C@H](OC(=O)c3ccccc3)[C@H](OC(=O)c3ccccc3)[C@H]2OC(=O)c2ccccc2)[C@H](OC(=O)c2ccc(-c3ccccc3)cc2)[C@H](OC(=O)c2ccc(-c3ccccc3)cc2)[C@H]1OC(=O)c1ccc(-c2ccccc2)cc1. The summed E-state index contributed by atoms with van der Waals surface area (Å²) in [5.41, 5.74) is 5.50. The third-order valence-electron chi connectivity index (χ3n) is 15.2. The largest absolute Gasteiger partial charge is 0.452 e. The first kappa shape index (κ1) is 61.3. The molecule has 11 rings (SSSR count). The van der Waals surface area contributed by atoms with Gasteiger partial charge in [-0.2, -0.15) is 0 Å². The fourth-order valence-corrected chi connectivity index (χ4v) is 10.5. The third kappa shape index (κ3) is 14.6. The van der Waals surface area contributed by atoms with E-state index in [9.17, 15) is 33.9 Å². The maximum absolute atomic E-state index is 14.8. The molecule has 1 N–H and O–H groups in total. The van der Waals surface area contributed by atoms with Crippen molar-refractivity contribution in [3.05, 3.63) is 288 Å². The van der Waals surface area contributed by atoms with Crippen LogP contribution in [0, 0.1) is 0 Å². The zero-order valence-electron chi connectivity index (χ0n) is 48.4. The summed E-state index contributed by atoms with van der Waals surface area (Å²) >= 11 is 0. The Morgan fingerprint density at radius 3 is 0.856 bits per heavy atom. The predicted molar refractivity (Wildman–Crippen MR) is 328 cm³/mol. The van der Waals surface area contributed by atoms with Crippen LogP contribution in [-0.2, 0) is 47.4 Å². The number of rotatable bonds is 20. The van der Waals surface area contributed by atoms with Gasteiger partial charge >= 0.3 is 35.8 Å². The number of aliphatic hydroxyl groups is 1. The second kappa shape index (κ2) is 29.1. The predicted octanol–water partition coefficient (Wildman–Crippen LogP) is 11.4. The normalized spacial score (nSPS) is 21.1. The van der Waals surface area contributed by atoms with E-state index in [2.05, 4.69) is 0 Å². The lowest BCUT2D eigenvalue weighted by Gasteiger charge is -2.46. The van der Waals surface area contributed by atoms with Crippen LogP contribution in [0.25, 0.3) is 33.4 Å². The molecule has 2 aliphatic rings. The Balaban J connectivity index is 0.976. The lowest BCUT2D eigenvalue weighted by Crippen LogP contribution is -2.65. The number of carbonyl (C=O) groups excluding carboxylic acids is 6. The Labute approximate surface area is 518 Å². The Morgan fingerprint density at radius 1 is 0.300 bits per heavy atom. The summed E-state index contributed by atoms with van der Waals surface area (Å²) < 4.78 is 63.1. The minimum absolute atomic E-state index is 0.0564. The van der Waals surface area contributed by atoms with E-state index in [1.807, 2.05) is 91.0 Å². The highest BCUT2D eigenvalue weighted by Crippen LogP contribution is 2.36. The molecular weight excluding hydrogens is 1150 g/mol. The molecule has 17 nitrogen and oxygen atoms in total. The molecule has 2 saturated heterocycles. The quantitative estimate of drug-likeness (QED) is 0.0554. The van der Waals surface area contributed by atoms with Crippen LogP contribution in [0.15, 0.2) is 255 Å². The first-order valence-electron chi connectivity index (χ1n) is 29.0. The number of methoxy groups -OCH3 is 1. The molecule has 0 aliphatic carbocycles. The zero-order chi connectivity index (χ0) is 62.3. The van der Waals surface area contributed by atoms with Gasteiger partial charge in [-0.05, 0) is 106 Å². The van der Waals surface area contributed by atoms with Gasteiger partial charge in [0.25, 0.3) is 0 Å². The molecule has 0 radical (unpaired) electrons. The molecule has 0 unspecified atom stereocenters. The zero-order valence-corrected chi connectivity index (χ0v) is 48.4. The van der Waals surface area contributed by atoms with Crippen molar-refractivity contribution >= 4 is 35.8 Å². The average Bonchev–Trinajstić information content (AvgIpc) is 1.06. The monoisotopic (exact) mass is 1210 g/mol. The van der Waals surface area contributed by atoms with Gasteiger partial charge < -0.3 is 52.5 Å². The molecule has 9 aromatic rings. The molecule has 2 fully saturated rings. The van der Waals surface area contributed by atoms with Crippen molar-refractivity contribution in [3.63, 3.8) is 0 Å². The van der Waals surface area contributed by atoms with Crippen molar-refractivity contribution in [1.82, 2.24) is 0 Å². The minimum atomic E-state index is -1.83. The Morgan fingerprint density at radius 2 is 0.544 bits per heavy atom. The molecule has 0 saturated carbocycles. The molecule has 10 atom stereocenters. The second-order valence-electron chi connectivity index (χ2n) is 21.0. The summed E-state index contributed by atoms with van der Waals surface area (Å²) in [6.45, 7) is -1.59. The number of aliphatic hydroxyl groups excluding tert-OH is 1. The molecule has 2 aliphatic heterocycles. The fraction of sp³-hybridized carbons (Fsp3) is 0.178. The summed E-state index contributed by atoms with van der Waals surface area (Å²) in [5.74, 6) is -5.53. The highest BCUT2D eigenvalue weighted by molar-refractivity contribution is 5.93. The molecular formula is C73H60O17. The third-order valence-corrected chi connectivity index (χ3v) is 15.2. The Hall–Kier alpha value is -10.4. The molecule has 454 valence electrons. The molecule has 9 aromatic carbocycles.